The number of nitrogens with two attached hydrogens (primary N) is 1. The van der Waals surface area contributed by atoms with Gasteiger partial charge >= 0.3 is 0 Å². The van der Waals surface area contributed by atoms with Gasteiger partial charge in [0, 0.05) is 12.8 Å². The van der Waals surface area contributed by atoms with Crippen LogP contribution < -0.4 is 11.1 Å². The van der Waals surface area contributed by atoms with Crippen molar-refractivity contribution in [1.29, 1.82) is 0 Å². The summed E-state index contributed by atoms with van der Waals surface area (Å²) in [6.07, 6.45) is 4.45. The van der Waals surface area contributed by atoms with Crippen LogP contribution in [0.2, 0.25) is 0 Å². The number of amides is 2. The van der Waals surface area contributed by atoms with Crippen molar-refractivity contribution in [2.75, 3.05) is 13.2 Å². The summed E-state index contributed by atoms with van der Waals surface area (Å²) in [7, 11) is 0. The Morgan fingerprint density at radius 1 is 1.47 bits per heavy atom. The van der Waals surface area contributed by atoms with E-state index in [4.69, 9.17) is 10.5 Å². The van der Waals surface area contributed by atoms with Crippen LogP contribution in [0, 0.1) is 5.92 Å². The molecular formula is C13H20N2O4. The Morgan fingerprint density at radius 3 is 2.89 bits per heavy atom. The van der Waals surface area contributed by atoms with Crippen molar-refractivity contribution < 1.29 is 19.1 Å². The van der Waals surface area contributed by atoms with Gasteiger partial charge in [0.25, 0.3) is 0 Å². The van der Waals surface area contributed by atoms with Crippen molar-refractivity contribution >= 4 is 17.6 Å². The van der Waals surface area contributed by atoms with Gasteiger partial charge in [0.15, 0.2) is 5.78 Å². The summed E-state index contributed by atoms with van der Waals surface area (Å²) in [6.45, 7) is 2.20. The quantitative estimate of drug-likeness (QED) is 0.681. The monoisotopic (exact) mass is 268 g/mol. The van der Waals surface area contributed by atoms with E-state index in [1.807, 2.05) is 12.2 Å². The summed E-state index contributed by atoms with van der Waals surface area (Å²) in [5.41, 5.74) is 5.06. The van der Waals surface area contributed by atoms with Gasteiger partial charge in [0.1, 0.15) is 6.61 Å². The number of ether oxygens (including phenoxy) is 1. The van der Waals surface area contributed by atoms with Crippen molar-refractivity contribution in [1.82, 2.24) is 5.32 Å². The highest BCUT2D eigenvalue weighted by Gasteiger charge is 2.21. The molecule has 0 saturated heterocycles. The summed E-state index contributed by atoms with van der Waals surface area (Å²) in [6, 6.07) is -0.551. The summed E-state index contributed by atoms with van der Waals surface area (Å²) >= 11 is 0. The Kier molecular flexibility index (Phi) is 6.21. The summed E-state index contributed by atoms with van der Waals surface area (Å²) < 4.78 is 5.08. The zero-order valence-corrected chi connectivity index (χ0v) is 11.1. The number of nitrogens with one attached hydrogen (secondary N) is 1. The molecule has 0 aliphatic carbocycles. The maximum atomic E-state index is 11.8. The summed E-state index contributed by atoms with van der Waals surface area (Å²) in [4.78, 5) is 34.2. The van der Waals surface area contributed by atoms with E-state index in [2.05, 4.69) is 5.32 Å². The lowest BCUT2D eigenvalue weighted by molar-refractivity contribution is -0.130. The second-order valence-corrected chi connectivity index (χ2v) is 4.79. The molecule has 1 rings (SSSR count). The number of rotatable bonds is 5. The number of carbonyl (C=O) groups excluding carboxylic acids is 3. The first-order chi connectivity index (χ1) is 8.99. The second-order valence-electron chi connectivity index (χ2n) is 4.79. The molecule has 6 nitrogen and oxygen atoms in total. The number of hydrogen-bond acceptors (Lipinski definition) is 4. The number of carbonyl (C=O) groups is 3. The van der Waals surface area contributed by atoms with Crippen LogP contribution in [0.25, 0.3) is 0 Å². The van der Waals surface area contributed by atoms with Crippen LogP contribution in [0.4, 0.5) is 0 Å². The number of hydrogen-bond donors (Lipinski definition) is 2. The molecule has 0 aromatic heterocycles. The molecule has 0 fully saturated rings. The first-order valence-electron chi connectivity index (χ1n) is 6.32. The maximum absolute atomic E-state index is 11.8. The lowest BCUT2D eigenvalue weighted by Crippen LogP contribution is -2.43. The van der Waals surface area contributed by atoms with E-state index >= 15 is 0 Å². The predicted molar refractivity (Wildman–Crippen MR) is 69.1 cm³/mol. The van der Waals surface area contributed by atoms with Crippen LogP contribution in [-0.4, -0.2) is 36.9 Å². The van der Waals surface area contributed by atoms with Crippen LogP contribution in [0.1, 0.15) is 26.2 Å². The first-order valence-corrected chi connectivity index (χ1v) is 6.32. The summed E-state index contributed by atoms with van der Waals surface area (Å²) in [5, 5.41) is 2.67. The first kappa shape index (κ1) is 15.4. The molecule has 0 spiro atoms. The van der Waals surface area contributed by atoms with Crippen LogP contribution >= 0.6 is 0 Å². The smallest absolute Gasteiger partial charge is 0.220 e. The Morgan fingerprint density at radius 2 is 2.21 bits per heavy atom. The molecule has 0 radical (unpaired) electrons. The molecule has 106 valence electrons. The normalized spacial score (nSPS) is 21.3. The minimum atomic E-state index is -0.551. The number of primary amides is 1. The van der Waals surface area contributed by atoms with Gasteiger partial charge < -0.3 is 15.8 Å². The van der Waals surface area contributed by atoms with Gasteiger partial charge in [-0.15, -0.1) is 0 Å². The third-order valence-electron chi connectivity index (χ3n) is 2.80. The zero-order chi connectivity index (χ0) is 14.3. The van der Waals surface area contributed by atoms with Crippen molar-refractivity contribution in [2.45, 2.75) is 32.2 Å². The maximum Gasteiger partial charge on any atom is 0.220 e. The highest BCUT2D eigenvalue weighted by atomic mass is 16.5. The third-order valence-corrected chi connectivity index (χ3v) is 2.80. The van der Waals surface area contributed by atoms with Crippen LogP contribution in [-0.2, 0) is 19.1 Å². The Labute approximate surface area is 112 Å². The van der Waals surface area contributed by atoms with E-state index < -0.39 is 11.9 Å². The van der Waals surface area contributed by atoms with Gasteiger partial charge in [-0.3, -0.25) is 14.4 Å². The average molecular weight is 268 g/mol. The van der Waals surface area contributed by atoms with Crippen molar-refractivity contribution in [3.8, 4) is 0 Å². The number of Topliss-reactive ketones (excluding diaryl/α,β-unsaturated/α-hetero) is 1. The molecule has 3 N–H and O–H groups in total. The van der Waals surface area contributed by atoms with E-state index in [-0.39, 0.29) is 37.1 Å². The molecule has 1 aliphatic rings. The Hall–Kier alpha value is -1.69. The van der Waals surface area contributed by atoms with Gasteiger partial charge in [-0.2, -0.15) is 0 Å². The van der Waals surface area contributed by atoms with Crippen molar-refractivity contribution in [2.24, 2.45) is 11.7 Å². The molecule has 6 heteroatoms. The van der Waals surface area contributed by atoms with Crippen molar-refractivity contribution in [3.63, 3.8) is 0 Å². The highest BCUT2D eigenvalue weighted by Crippen LogP contribution is 2.08. The third kappa shape index (κ3) is 6.15. The molecule has 0 bridgehead atoms. The van der Waals surface area contributed by atoms with E-state index in [9.17, 15) is 14.4 Å². The number of ketones is 1. The lowest BCUT2D eigenvalue weighted by atomic mass is 10.0. The van der Waals surface area contributed by atoms with Crippen LogP contribution in [0.3, 0.4) is 0 Å². The fourth-order valence-corrected chi connectivity index (χ4v) is 1.88. The fourth-order valence-electron chi connectivity index (χ4n) is 1.88. The largest absolute Gasteiger partial charge is 0.370 e. The zero-order valence-electron chi connectivity index (χ0n) is 11.1. The molecule has 0 saturated carbocycles. The molecule has 1 heterocycles. The van der Waals surface area contributed by atoms with Crippen LogP contribution in [0.5, 0.6) is 0 Å². The Bertz CT molecular complexity index is 379. The van der Waals surface area contributed by atoms with Gasteiger partial charge in [0.05, 0.1) is 12.6 Å². The van der Waals surface area contributed by atoms with E-state index in [0.717, 1.165) is 0 Å². The van der Waals surface area contributed by atoms with Gasteiger partial charge in [-0.25, -0.2) is 0 Å². The molecular weight excluding hydrogens is 248 g/mol. The standard InChI is InChI=1S/C13H20N2O4/c1-9(6-12(14)17)7-13(18)15-10-4-2-3-5-19-8-11(10)16/h2-3,9-10H,4-8H2,1H3,(H2,14,17)(H,15,18)/t9-,10?/m0/s1. The fraction of sp³-hybridized carbons (Fsp3) is 0.615. The molecule has 1 unspecified atom stereocenters. The molecule has 0 aromatic carbocycles. The van der Waals surface area contributed by atoms with E-state index in [1.165, 1.54) is 0 Å². The minimum absolute atomic E-state index is 0.00608. The van der Waals surface area contributed by atoms with E-state index in [0.29, 0.717) is 13.0 Å². The molecule has 19 heavy (non-hydrogen) atoms. The predicted octanol–water partition coefficient (Wildman–Crippen LogP) is -0.0816. The molecule has 2 amide bonds. The molecule has 1 aliphatic heterocycles. The minimum Gasteiger partial charge on any atom is -0.370 e. The SMILES string of the molecule is C[C@@H](CC(N)=O)CC(=O)NC1CC=CCOCC1=O. The second kappa shape index (κ2) is 7.68. The topological polar surface area (TPSA) is 98.5 Å². The van der Waals surface area contributed by atoms with Gasteiger partial charge in [-0.05, 0) is 12.3 Å². The van der Waals surface area contributed by atoms with Gasteiger partial charge in [-0.1, -0.05) is 19.1 Å². The highest BCUT2D eigenvalue weighted by molar-refractivity contribution is 5.90. The molecule has 2 atom stereocenters. The van der Waals surface area contributed by atoms with Crippen molar-refractivity contribution in [3.05, 3.63) is 12.2 Å². The van der Waals surface area contributed by atoms with E-state index in [1.54, 1.807) is 6.92 Å². The Balaban J connectivity index is 2.45. The van der Waals surface area contributed by atoms with Crippen LogP contribution in [0.15, 0.2) is 12.2 Å². The lowest BCUT2D eigenvalue weighted by Gasteiger charge is -2.18. The summed E-state index contributed by atoms with van der Waals surface area (Å²) in [5.74, 6) is -0.951. The molecule has 0 aromatic rings. The van der Waals surface area contributed by atoms with Gasteiger partial charge in [0.2, 0.25) is 11.8 Å². The average Bonchev–Trinajstić information content (AvgIpc) is 2.27.